The van der Waals surface area contributed by atoms with Gasteiger partial charge in [-0.1, -0.05) is 88.9 Å². The van der Waals surface area contributed by atoms with Gasteiger partial charge in [-0.3, -0.25) is 9.59 Å². The molecule has 1 atom stereocenters. The van der Waals surface area contributed by atoms with Crippen molar-refractivity contribution in [1.82, 2.24) is 10.2 Å². The Morgan fingerprint density at radius 1 is 0.838 bits per heavy atom. The molecule has 37 heavy (non-hydrogen) atoms. The Morgan fingerprint density at radius 3 is 1.81 bits per heavy atom. The predicted molar refractivity (Wildman–Crippen MR) is 153 cm³/mol. The molecule has 0 aliphatic carbocycles. The number of hydrogen-bond acceptors (Lipinski definition) is 3. The molecule has 1 aliphatic heterocycles. The molecule has 0 bridgehead atoms. The number of likely N-dealkylation sites (N-methyl/N-ethyl adjacent to an activating group) is 1. The largest absolute Gasteiger partial charge is 0.332 e. The fraction of sp³-hybridized carbons (Fsp3) is 0.172. The van der Waals surface area contributed by atoms with Crippen LogP contribution in [0.5, 0.6) is 0 Å². The Hall–Kier alpha value is -2.60. The molecule has 1 saturated heterocycles. The lowest BCUT2D eigenvalue weighted by molar-refractivity contribution is -0.133. The molecule has 0 radical (unpaired) electrons. The van der Waals surface area contributed by atoms with Crippen LogP contribution in [0.15, 0.2) is 77.9 Å². The standard InChI is InChI=1S/C29H24Cl4N2O2/c1-34-27(15-18-5-3-2-4-6-18)29(37)35-16-21(11-19-7-9-23(30)25(32)13-19)28(36)22(17-35)12-20-8-10-24(31)26(33)14-20/h2-14,27,34H,15-17H2,1H3/b21-11+,22-12+/t27-/m1/s1. The number of carbonyl (C=O) groups excluding carboxylic acids is 2. The minimum Gasteiger partial charge on any atom is -0.332 e. The summed E-state index contributed by atoms with van der Waals surface area (Å²) in [5.41, 5.74) is 3.42. The van der Waals surface area contributed by atoms with Crippen LogP contribution >= 0.6 is 46.4 Å². The van der Waals surface area contributed by atoms with Crippen molar-refractivity contribution < 1.29 is 9.59 Å². The first-order valence-corrected chi connectivity index (χ1v) is 13.1. The lowest BCUT2D eigenvalue weighted by atomic mass is 9.93. The fourth-order valence-electron chi connectivity index (χ4n) is 4.18. The molecule has 3 aromatic rings. The van der Waals surface area contributed by atoms with Gasteiger partial charge in [-0.05, 0) is 66.6 Å². The number of hydrogen-bond donors (Lipinski definition) is 1. The minimum atomic E-state index is -0.451. The predicted octanol–water partition coefficient (Wildman–Crippen LogP) is 7.01. The molecular weight excluding hydrogens is 550 g/mol. The Kier molecular flexibility index (Phi) is 9.12. The number of halogens is 4. The molecule has 0 aromatic heterocycles. The number of benzene rings is 3. The van der Waals surface area contributed by atoms with Gasteiger partial charge in [0.1, 0.15) is 0 Å². The normalized spacial score (nSPS) is 16.9. The van der Waals surface area contributed by atoms with Crippen LogP contribution in [0.2, 0.25) is 20.1 Å². The van der Waals surface area contributed by atoms with Crippen LogP contribution in [0.3, 0.4) is 0 Å². The average Bonchev–Trinajstić information content (AvgIpc) is 2.89. The molecule has 4 rings (SSSR count). The van der Waals surface area contributed by atoms with E-state index in [0.29, 0.717) is 37.7 Å². The summed E-state index contributed by atoms with van der Waals surface area (Å²) in [5.74, 6) is -0.246. The van der Waals surface area contributed by atoms with Gasteiger partial charge < -0.3 is 10.2 Å². The lowest BCUT2D eigenvalue weighted by Gasteiger charge is -2.33. The number of rotatable bonds is 6. The zero-order valence-corrected chi connectivity index (χ0v) is 23.0. The topological polar surface area (TPSA) is 49.4 Å². The summed E-state index contributed by atoms with van der Waals surface area (Å²) >= 11 is 24.5. The van der Waals surface area contributed by atoms with E-state index in [1.807, 2.05) is 30.3 Å². The summed E-state index contributed by atoms with van der Waals surface area (Å²) in [6, 6.07) is 19.7. The molecule has 190 valence electrons. The third-order valence-electron chi connectivity index (χ3n) is 6.12. The zero-order valence-electron chi connectivity index (χ0n) is 20.0. The van der Waals surface area contributed by atoms with Gasteiger partial charge in [0.05, 0.1) is 26.1 Å². The SMILES string of the molecule is CN[C@H](Cc1ccccc1)C(=O)N1C/C(=C\c2ccc(Cl)c(Cl)c2)C(=O)/C(=C/c2ccc(Cl)c(Cl)c2)C1. The van der Waals surface area contributed by atoms with Crippen molar-refractivity contribution in [3.63, 3.8) is 0 Å². The molecule has 0 unspecified atom stereocenters. The highest BCUT2D eigenvalue weighted by molar-refractivity contribution is 6.42. The second-order valence-corrected chi connectivity index (χ2v) is 10.4. The van der Waals surface area contributed by atoms with Gasteiger partial charge in [0.25, 0.3) is 0 Å². The maximum Gasteiger partial charge on any atom is 0.240 e. The van der Waals surface area contributed by atoms with E-state index in [9.17, 15) is 9.59 Å². The highest BCUT2D eigenvalue weighted by Crippen LogP contribution is 2.28. The van der Waals surface area contributed by atoms with Crippen LogP contribution in [0, 0.1) is 0 Å². The van der Waals surface area contributed by atoms with Gasteiger partial charge in [-0.25, -0.2) is 0 Å². The van der Waals surface area contributed by atoms with E-state index in [0.717, 1.165) is 16.7 Å². The van der Waals surface area contributed by atoms with Gasteiger partial charge in [0.15, 0.2) is 5.78 Å². The first-order valence-electron chi connectivity index (χ1n) is 11.6. The van der Waals surface area contributed by atoms with Gasteiger partial charge in [0.2, 0.25) is 5.91 Å². The number of nitrogens with one attached hydrogen (secondary N) is 1. The van der Waals surface area contributed by atoms with E-state index in [1.54, 1.807) is 60.5 Å². The minimum absolute atomic E-state index is 0.0982. The van der Waals surface area contributed by atoms with E-state index in [1.165, 1.54) is 0 Å². The maximum atomic E-state index is 13.7. The molecule has 4 nitrogen and oxygen atoms in total. The van der Waals surface area contributed by atoms with Crippen molar-refractivity contribution in [3.05, 3.63) is 115 Å². The Bertz CT molecular complexity index is 1310. The number of Topliss-reactive ketones (excluding diaryl/α,β-unsaturated/α-hetero) is 1. The second kappa shape index (κ2) is 12.3. The first-order chi connectivity index (χ1) is 17.7. The van der Waals surface area contributed by atoms with Crippen molar-refractivity contribution in [1.29, 1.82) is 0 Å². The van der Waals surface area contributed by atoms with Gasteiger partial charge in [-0.2, -0.15) is 0 Å². The summed E-state index contributed by atoms with van der Waals surface area (Å²) in [6.45, 7) is 0.340. The Morgan fingerprint density at radius 2 is 1.35 bits per heavy atom. The van der Waals surface area contributed by atoms with E-state index in [4.69, 9.17) is 46.4 Å². The number of ketones is 1. The molecule has 1 N–H and O–H groups in total. The van der Waals surface area contributed by atoms with E-state index >= 15 is 0 Å². The third-order valence-corrected chi connectivity index (χ3v) is 7.59. The van der Waals surface area contributed by atoms with Gasteiger partial charge >= 0.3 is 0 Å². The van der Waals surface area contributed by atoms with E-state index < -0.39 is 6.04 Å². The summed E-state index contributed by atoms with van der Waals surface area (Å²) in [5, 5.41) is 4.76. The average molecular weight is 574 g/mol. The van der Waals surface area contributed by atoms with Gasteiger partial charge in [-0.15, -0.1) is 0 Å². The summed E-state index contributed by atoms with van der Waals surface area (Å²) in [7, 11) is 1.76. The maximum absolute atomic E-state index is 13.7. The molecule has 1 aliphatic rings. The molecule has 3 aromatic carbocycles. The first kappa shape index (κ1) is 27.4. The quantitative estimate of drug-likeness (QED) is 0.323. The zero-order chi connectivity index (χ0) is 26.5. The van der Waals surface area contributed by atoms with Crippen molar-refractivity contribution in [3.8, 4) is 0 Å². The smallest absolute Gasteiger partial charge is 0.240 e. The fourth-order valence-corrected chi connectivity index (χ4v) is 4.80. The second-order valence-electron chi connectivity index (χ2n) is 8.74. The highest BCUT2D eigenvalue weighted by atomic mass is 35.5. The monoisotopic (exact) mass is 572 g/mol. The summed E-state index contributed by atoms with van der Waals surface area (Å²) in [6.07, 6.45) is 4.02. The molecule has 1 fully saturated rings. The Labute approximate surface area is 236 Å². The lowest BCUT2D eigenvalue weighted by Crippen LogP contribution is -2.50. The van der Waals surface area contributed by atoms with E-state index in [-0.39, 0.29) is 24.8 Å². The van der Waals surface area contributed by atoms with Gasteiger partial charge in [0, 0.05) is 24.2 Å². The van der Waals surface area contributed by atoms with Crippen molar-refractivity contribution in [2.24, 2.45) is 0 Å². The highest BCUT2D eigenvalue weighted by Gasteiger charge is 2.32. The van der Waals surface area contributed by atoms with Crippen molar-refractivity contribution >= 4 is 70.2 Å². The van der Waals surface area contributed by atoms with E-state index in [2.05, 4.69) is 5.32 Å². The van der Waals surface area contributed by atoms with Crippen LogP contribution in [0.1, 0.15) is 16.7 Å². The van der Waals surface area contributed by atoms with Crippen LogP contribution in [-0.2, 0) is 16.0 Å². The number of nitrogens with zero attached hydrogens (tertiary/aromatic N) is 1. The van der Waals surface area contributed by atoms with Crippen LogP contribution < -0.4 is 5.32 Å². The molecular formula is C29H24Cl4N2O2. The molecule has 0 saturated carbocycles. The molecule has 8 heteroatoms. The Balaban J connectivity index is 1.70. The van der Waals surface area contributed by atoms with Crippen molar-refractivity contribution in [2.75, 3.05) is 20.1 Å². The number of carbonyl (C=O) groups is 2. The van der Waals surface area contributed by atoms with Crippen LogP contribution in [-0.4, -0.2) is 42.8 Å². The third kappa shape index (κ3) is 6.84. The molecule has 1 amide bonds. The summed E-state index contributed by atoms with van der Waals surface area (Å²) < 4.78 is 0. The molecule has 0 spiro atoms. The summed E-state index contributed by atoms with van der Waals surface area (Å²) in [4.78, 5) is 28.9. The van der Waals surface area contributed by atoms with Crippen LogP contribution in [0.4, 0.5) is 0 Å². The van der Waals surface area contributed by atoms with Crippen molar-refractivity contribution in [2.45, 2.75) is 12.5 Å². The van der Waals surface area contributed by atoms with Crippen LogP contribution in [0.25, 0.3) is 12.2 Å². The number of likely N-dealkylation sites (tertiary alicyclic amines) is 1. The number of piperidine rings is 1. The molecule has 1 heterocycles. The number of amides is 1.